The maximum Gasteiger partial charge on any atom is 0.416 e. The largest absolute Gasteiger partial charge is 0.416 e. The first kappa shape index (κ1) is 19.8. The van der Waals surface area contributed by atoms with Crippen molar-refractivity contribution in [1.82, 2.24) is 15.5 Å². The summed E-state index contributed by atoms with van der Waals surface area (Å²) in [5.74, 6) is 1.83. The molecule has 1 saturated carbocycles. The molecule has 2 N–H and O–H groups in total. The second kappa shape index (κ2) is 8.06. The number of benzene rings is 1. The number of aromatic nitrogens is 2. The van der Waals surface area contributed by atoms with Crippen molar-refractivity contribution in [1.29, 1.82) is 0 Å². The molecule has 0 saturated heterocycles. The SMILES string of the molecule is CN1CN=C(N[C@H]2CC[C@H](OCCc3ccc(C(F)(F)F)cc3)C2)c2cn[nH]c21. The lowest BCUT2D eigenvalue weighted by Gasteiger charge is -2.25. The molecule has 4 rings (SSSR count). The summed E-state index contributed by atoms with van der Waals surface area (Å²) in [6.45, 7) is 1.08. The minimum Gasteiger partial charge on any atom is -0.378 e. The van der Waals surface area contributed by atoms with Crippen LogP contribution < -0.4 is 10.2 Å². The molecule has 29 heavy (non-hydrogen) atoms. The molecule has 0 spiro atoms. The summed E-state index contributed by atoms with van der Waals surface area (Å²) >= 11 is 0. The average molecular weight is 407 g/mol. The zero-order valence-electron chi connectivity index (χ0n) is 16.2. The molecular formula is C20H24F3N5O. The van der Waals surface area contributed by atoms with Gasteiger partial charge in [0.2, 0.25) is 0 Å². The van der Waals surface area contributed by atoms with E-state index in [1.165, 1.54) is 12.1 Å². The predicted molar refractivity (Wildman–Crippen MR) is 104 cm³/mol. The Morgan fingerprint density at radius 1 is 1.24 bits per heavy atom. The van der Waals surface area contributed by atoms with Crippen LogP contribution in [-0.2, 0) is 17.3 Å². The number of ether oxygens (including phenoxy) is 1. The van der Waals surface area contributed by atoms with Crippen LogP contribution in [-0.4, -0.2) is 48.5 Å². The van der Waals surface area contributed by atoms with E-state index in [1.807, 2.05) is 11.9 Å². The van der Waals surface area contributed by atoms with Crippen LogP contribution in [0, 0.1) is 0 Å². The molecule has 0 bridgehead atoms. The van der Waals surface area contributed by atoms with Gasteiger partial charge in [0.15, 0.2) is 0 Å². The summed E-state index contributed by atoms with van der Waals surface area (Å²) < 4.78 is 43.8. The molecule has 2 atom stereocenters. The zero-order valence-corrected chi connectivity index (χ0v) is 16.2. The average Bonchev–Trinajstić information content (AvgIpc) is 3.34. The molecule has 2 aromatic rings. The summed E-state index contributed by atoms with van der Waals surface area (Å²) in [6, 6.07) is 5.57. The maximum absolute atomic E-state index is 12.6. The number of amidine groups is 1. The van der Waals surface area contributed by atoms with Crippen LogP contribution in [0.3, 0.4) is 0 Å². The Bertz CT molecular complexity index is 862. The lowest BCUT2D eigenvalue weighted by atomic mass is 10.1. The van der Waals surface area contributed by atoms with Crippen molar-refractivity contribution in [2.75, 3.05) is 25.2 Å². The van der Waals surface area contributed by atoms with E-state index in [2.05, 4.69) is 20.5 Å². The number of nitrogens with one attached hydrogen (secondary N) is 2. The molecule has 2 heterocycles. The Balaban J connectivity index is 1.23. The van der Waals surface area contributed by atoms with Gasteiger partial charge in [-0.2, -0.15) is 18.3 Å². The van der Waals surface area contributed by atoms with Crippen molar-refractivity contribution in [2.45, 2.75) is 44.0 Å². The van der Waals surface area contributed by atoms with Gasteiger partial charge in [-0.05, 0) is 43.4 Å². The second-order valence-electron chi connectivity index (χ2n) is 7.57. The predicted octanol–water partition coefficient (Wildman–Crippen LogP) is 3.35. The monoisotopic (exact) mass is 407 g/mol. The number of aromatic amines is 1. The number of rotatable bonds is 5. The first-order valence-electron chi connectivity index (χ1n) is 9.74. The quantitative estimate of drug-likeness (QED) is 0.798. The van der Waals surface area contributed by atoms with Gasteiger partial charge in [-0.3, -0.25) is 5.10 Å². The molecule has 0 unspecified atom stereocenters. The topological polar surface area (TPSA) is 65.5 Å². The highest BCUT2D eigenvalue weighted by molar-refractivity contribution is 6.04. The van der Waals surface area contributed by atoms with Crippen molar-refractivity contribution in [2.24, 2.45) is 4.99 Å². The van der Waals surface area contributed by atoms with Crippen molar-refractivity contribution >= 4 is 11.7 Å². The Kier molecular flexibility index (Phi) is 5.49. The molecule has 9 heteroatoms. The summed E-state index contributed by atoms with van der Waals surface area (Å²) in [7, 11) is 1.97. The zero-order chi connectivity index (χ0) is 20.4. The van der Waals surface area contributed by atoms with Gasteiger partial charge in [-0.1, -0.05) is 12.1 Å². The van der Waals surface area contributed by atoms with Gasteiger partial charge in [0.25, 0.3) is 0 Å². The molecular weight excluding hydrogens is 383 g/mol. The minimum atomic E-state index is -4.30. The fraction of sp³-hybridized carbons (Fsp3) is 0.500. The van der Waals surface area contributed by atoms with Crippen LogP contribution in [0.5, 0.6) is 0 Å². The highest BCUT2D eigenvalue weighted by Gasteiger charge is 2.30. The number of hydrogen-bond acceptors (Lipinski definition) is 5. The number of anilines is 1. The molecule has 156 valence electrons. The van der Waals surface area contributed by atoms with Crippen molar-refractivity contribution in [3.8, 4) is 0 Å². The van der Waals surface area contributed by atoms with Crippen LogP contribution in [0.4, 0.5) is 19.0 Å². The van der Waals surface area contributed by atoms with Crippen molar-refractivity contribution in [3.05, 3.63) is 47.2 Å². The number of halogens is 3. The maximum atomic E-state index is 12.6. The number of fused-ring (bicyclic) bond motifs is 1. The molecule has 6 nitrogen and oxygen atoms in total. The highest BCUT2D eigenvalue weighted by Crippen LogP contribution is 2.29. The standard InChI is InChI=1S/C20H24F3N5O/c1-28-12-24-18(17-11-25-27-19(17)28)26-15-6-7-16(10-15)29-9-8-13-2-4-14(5-3-13)20(21,22)23/h2-5,11,15-16H,6-10,12H2,1H3,(H,24,26)(H,25,27)/t15-,16-/m0/s1. The van der Waals surface area contributed by atoms with Crippen LogP contribution in [0.15, 0.2) is 35.5 Å². The smallest absolute Gasteiger partial charge is 0.378 e. The van der Waals surface area contributed by atoms with E-state index >= 15 is 0 Å². The third kappa shape index (κ3) is 4.55. The lowest BCUT2D eigenvalue weighted by Crippen LogP contribution is -2.38. The Morgan fingerprint density at radius 2 is 2.03 bits per heavy atom. The molecule has 1 aliphatic carbocycles. The number of hydrogen-bond donors (Lipinski definition) is 2. The van der Waals surface area contributed by atoms with E-state index in [0.29, 0.717) is 19.7 Å². The first-order valence-corrected chi connectivity index (χ1v) is 9.74. The third-order valence-corrected chi connectivity index (χ3v) is 5.45. The molecule has 2 aliphatic rings. The van der Waals surface area contributed by atoms with Gasteiger partial charge in [0, 0.05) is 13.1 Å². The van der Waals surface area contributed by atoms with E-state index in [9.17, 15) is 13.2 Å². The van der Waals surface area contributed by atoms with Gasteiger partial charge in [-0.25, -0.2) is 4.99 Å². The van der Waals surface area contributed by atoms with E-state index in [-0.39, 0.29) is 12.1 Å². The normalized spacial score (nSPS) is 21.8. The number of alkyl halides is 3. The van der Waals surface area contributed by atoms with E-state index in [0.717, 1.165) is 54.2 Å². The Hall–Kier alpha value is -2.55. The van der Waals surface area contributed by atoms with Crippen LogP contribution in [0.2, 0.25) is 0 Å². The number of aliphatic imine (C=N–C) groups is 1. The fourth-order valence-electron chi connectivity index (χ4n) is 3.82. The summed E-state index contributed by atoms with van der Waals surface area (Å²) in [5, 5.41) is 10.6. The molecule has 1 fully saturated rings. The van der Waals surface area contributed by atoms with Gasteiger partial charge in [0.1, 0.15) is 18.3 Å². The van der Waals surface area contributed by atoms with Crippen LogP contribution in [0.25, 0.3) is 0 Å². The molecule has 1 aromatic heterocycles. The number of H-pyrrole nitrogens is 1. The van der Waals surface area contributed by atoms with Crippen LogP contribution in [0.1, 0.15) is 36.0 Å². The summed E-state index contributed by atoms with van der Waals surface area (Å²) in [4.78, 5) is 6.60. The van der Waals surface area contributed by atoms with Crippen LogP contribution >= 0.6 is 0 Å². The van der Waals surface area contributed by atoms with Crippen molar-refractivity contribution < 1.29 is 17.9 Å². The first-order chi connectivity index (χ1) is 13.9. The molecule has 1 aliphatic heterocycles. The third-order valence-electron chi connectivity index (χ3n) is 5.45. The fourth-order valence-corrected chi connectivity index (χ4v) is 3.82. The van der Waals surface area contributed by atoms with E-state index < -0.39 is 11.7 Å². The molecule has 0 radical (unpaired) electrons. The Labute approximate surface area is 167 Å². The minimum absolute atomic E-state index is 0.151. The van der Waals surface area contributed by atoms with E-state index in [4.69, 9.17) is 4.74 Å². The second-order valence-corrected chi connectivity index (χ2v) is 7.57. The van der Waals surface area contributed by atoms with Gasteiger partial charge in [-0.15, -0.1) is 0 Å². The summed E-state index contributed by atoms with van der Waals surface area (Å²) in [5.41, 5.74) is 1.20. The van der Waals surface area contributed by atoms with Gasteiger partial charge in [0.05, 0.1) is 30.0 Å². The molecule has 1 aromatic carbocycles. The molecule has 0 amide bonds. The van der Waals surface area contributed by atoms with E-state index in [1.54, 1.807) is 6.20 Å². The highest BCUT2D eigenvalue weighted by atomic mass is 19.4. The van der Waals surface area contributed by atoms with Crippen molar-refractivity contribution in [3.63, 3.8) is 0 Å². The van der Waals surface area contributed by atoms with Gasteiger partial charge >= 0.3 is 6.18 Å². The Morgan fingerprint density at radius 3 is 2.79 bits per heavy atom. The number of nitrogens with zero attached hydrogens (tertiary/aromatic N) is 3. The summed E-state index contributed by atoms with van der Waals surface area (Å²) in [6.07, 6.45) is 1.07. The lowest BCUT2D eigenvalue weighted by molar-refractivity contribution is -0.137. The van der Waals surface area contributed by atoms with Gasteiger partial charge < -0.3 is 15.0 Å².